The molecule has 2 aliphatic heterocycles. The highest BCUT2D eigenvalue weighted by atomic mass is 16.5. The van der Waals surface area contributed by atoms with Crippen molar-refractivity contribution in [2.24, 2.45) is 0 Å². The van der Waals surface area contributed by atoms with Gasteiger partial charge in [-0.15, -0.1) is 0 Å². The summed E-state index contributed by atoms with van der Waals surface area (Å²) in [5.41, 5.74) is 0. The van der Waals surface area contributed by atoms with Crippen LogP contribution in [0.15, 0.2) is 0 Å². The van der Waals surface area contributed by atoms with Crippen LogP contribution in [-0.4, -0.2) is 65.5 Å². The molecule has 0 aromatic rings. The van der Waals surface area contributed by atoms with Gasteiger partial charge in [-0.1, -0.05) is 0 Å². The number of nitrogens with zero attached hydrogens (tertiary/aromatic N) is 1. The van der Waals surface area contributed by atoms with E-state index in [1.807, 2.05) is 13.8 Å². The van der Waals surface area contributed by atoms with Crippen LogP contribution < -0.4 is 0 Å². The summed E-state index contributed by atoms with van der Waals surface area (Å²) in [7, 11) is 0. The van der Waals surface area contributed by atoms with E-state index < -0.39 is 6.10 Å². The van der Waals surface area contributed by atoms with Gasteiger partial charge in [0.15, 0.2) is 0 Å². The summed E-state index contributed by atoms with van der Waals surface area (Å²) in [5, 5.41) is 19.3. The molecule has 0 aliphatic carbocycles. The summed E-state index contributed by atoms with van der Waals surface area (Å²) < 4.78 is 11.0. The molecule has 0 bridgehead atoms. The number of aliphatic hydroxyl groups excluding tert-OH is 2. The van der Waals surface area contributed by atoms with Crippen molar-refractivity contribution in [3.8, 4) is 0 Å². The van der Waals surface area contributed by atoms with E-state index in [9.17, 15) is 10.2 Å². The molecule has 2 aliphatic rings. The van der Waals surface area contributed by atoms with Crippen molar-refractivity contribution in [1.82, 2.24) is 4.90 Å². The fourth-order valence-corrected chi connectivity index (χ4v) is 2.70. The Morgan fingerprint density at radius 1 is 1.38 bits per heavy atom. The normalized spacial score (nSPS) is 46.1. The minimum atomic E-state index is -0.507. The standard InChI is InChI=1S/C11H21NO4/c1-7-5-9(11(14)8(2)16-7)12-3-4-15-10(12)6-13/h7-11,13-14H,3-6H2,1-2H3/t7-,8+,9?,10?,11?/m1/s1. The highest BCUT2D eigenvalue weighted by molar-refractivity contribution is 4.91. The zero-order valence-electron chi connectivity index (χ0n) is 9.87. The van der Waals surface area contributed by atoms with Crippen LogP contribution in [0.1, 0.15) is 20.3 Å². The van der Waals surface area contributed by atoms with Gasteiger partial charge < -0.3 is 19.7 Å². The first-order valence-corrected chi connectivity index (χ1v) is 5.95. The molecule has 0 radical (unpaired) electrons. The third kappa shape index (κ3) is 2.24. The van der Waals surface area contributed by atoms with E-state index in [0.717, 1.165) is 13.0 Å². The van der Waals surface area contributed by atoms with E-state index in [4.69, 9.17) is 9.47 Å². The van der Waals surface area contributed by atoms with Crippen LogP contribution in [0.4, 0.5) is 0 Å². The van der Waals surface area contributed by atoms with Gasteiger partial charge in [0.25, 0.3) is 0 Å². The highest BCUT2D eigenvalue weighted by Gasteiger charge is 2.41. The summed E-state index contributed by atoms with van der Waals surface area (Å²) in [5.74, 6) is 0. The van der Waals surface area contributed by atoms with Crippen LogP contribution >= 0.6 is 0 Å². The largest absolute Gasteiger partial charge is 0.392 e. The lowest BCUT2D eigenvalue weighted by Crippen LogP contribution is -2.56. The number of ether oxygens (including phenoxy) is 2. The second-order valence-corrected chi connectivity index (χ2v) is 4.69. The zero-order chi connectivity index (χ0) is 11.7. The van der Waals surface area contributed by atoms with Gasteiger partial charge in [0.2, 0.25) is 0 Å². The molecule has 94 valence electrons. The van der Waals surface area contributed by atoms with Gasteiger partial charge in [0.1, 0.15) is 6.23 Å². The third-order valence-corrected chi connectivity index (χ3v) is 3.51. The van der Waals surface area contributed by atoms with E-state index in [2.05, 4.69) is 4.90 Å². The topological polar surface area (TPSA) is 62.2 Å². The molecule has 0 aromatic heterocycles. The van der Waals surface area contributed by atoms with Gasteiger partial charge >= 0.3 is 0 Å². The number of aliphatic hydroxyl groups is 2. The minimum absolute atomic E-state index is 0.0210. The van der Waals surface area contributed by atoms with Gasteiger partial charge in [0.05, 0.1) is 31.5 Å². The molecule has 2 N–H and O–H groups in total. The molecule has 0 saturated carbocycles. The first kappa shape index (κ1) is 12.3. The second-order valence-electron chi connectivity index (χ2n) is 4.69. The van der Waals surface area contributed by atoms with Gasteiger partial charge in [-0.05, 0) is 20.3 Å². The Kier molecular flexibility index (Phi) is 3.81. The summed E-state index contributed by atoms with van der Waals surface area (Å²) in [6.07, 6.45) is -0.00751. The molecule has 5 nitrogen and oxygen atoms in total. The molecule has 2 rings (SSSR count). The van der Waals surface area contributed by atoms with Crippen LogP contribution in [0.25, 0.3) is 0 Å². The fourth-order valence-electron chi connectivity index (χ4n) is 2.70. The van der Waals surface area contributed by atoms with Crippen LogP contribution in [0, 0.1) is 0 Å². The van der Waals surface area contributed by atoms with Crippen LogP contribution in [0.5, 0.6) is 0 Å². The number of hydrogen-bond acceptors (Lipinski definition) is 5. The molecule has 2 heterocycles. The van der Waals surface area contributed by atoms with E-state index in [0.29, 0.717) is 6.61 Å². The van der Waals surface area contributed by atoms with Crippen molar-refractivity contribution in [3.63, 3.8) is 0 Å². The van der Waals surface area contributed by atoms with Gasteiger partial charge in [-0.25, -0.2) is 0 Å². The molecule has 5 atom stereocenters. The quantitative estimate of drug-likeness (QED) is 0.675. The first-order chi connectivity index (χ1) is 7.63. The molecular weight excluding hydrogens is 210 g/mol. The predicted molar refractivity (Wildman–Crippen MR) is 58.0 cm³/mol. The minimum Gasteiger partial charge on any atom is -0.392 e. The van der Waals surface area contributed by atoms with Crippen molar-refractivity contribution in [2.75, 3.05) is 19.8 Å². The van der Waals surface area contributed by atoms with Gasteiger partial charge in [0, 0.05) is 12.6 Å². The van der Waals surface area contributed by atoms with Gasteiger partial charge in [-0.2, -0.15) is 0 Å². The maximum atomic E-state index is 10.1. The lowest BCUT2D eigenvalue weighted by molar-refractivity contribution is -0.155. The molecule has 2 fully saturated rings. The van der Waals surface area contributed by atoms with E-state index >= 15 is 0 Å². The average Bonchev–Trinajstić information content (AvgIpc) is 2.71. The molecule has 0 spiro atoms. The Balaban J connectivity index is 2.06. The fraction of sp³-hybridized carbons (Fsp3) is 1.00. The maximum Gasteiger partial charge on any atom is 0.134 e. The Morgan fingerprint density at radius 2 is 2.12 bits per heavy atom. The van der Waals surface area contributed by atoms with Crippen molar-refractivity contribution in [1.29, 1.82) is 0 Å². The zero-order valence-corrected chi connectivity index (χ0v) is 9.87. The summed E-state index contributed by atoms with van der Waals surface area (Å²) >= 11 is 0. The molecule has 5 heteroatoms. The molecule has 0 amide bonds. The third-order valence-electron chi connectivity index (χ3n) is 3.51. The summed E-state index contributed by atoms with van der Waals surface area (Å²) in [6, 6.07) is 0.0263. The maximum absolute atomic E-state index is 10.1. The van der Waals surface area contributed by atoms with Crippen LogP contribution in [0.2, 0.25) is 0 Å². The van der Waals surface area contributed by atoms with E-state index in [-0.39, 0.29) is 31.1 Å². The van der Waals surface area contributed by atoms with Crippen molar-refractivity contribution >= 4 is 0 Å². The van der Waals surface area contributed by atoms with Gasteiger partial charge in [-0.3, -0.25) is 4.90 Å². The molecule has 0 aromatic carbocycles. The van der Waals surface area contributed by atoms with Crippen molar-refractivity contribution in [3.05, 3.63) is 0 Å². The Hall–Kier alpha value is -0.200. The summed E-state index contributed by atoms with van der Waals surface area (Å²) in [4.78, 5) is 2.06. The first-order valence-electron chi connectivity index (χ1n) is 5.95. The lowest BCUT2D eigenvalue weighted by Gasteiger charge is -2.42. The van der Waals surface area contributed by atoms with Crippen LogP contribution in [0.3, 0.4) is 0 Å². The van der Waals surface area contributed by atoms with Crippen molar-refractivity contribution < 1.29 is 19.7 Å². The Labute approximate surface area is 96.0 Å². The molecule has 2 saturated heterocycles. The van der Waals surface area contributed by atoms with Crippen molar-refractivity contribution in [2.45, 2.75) is 50.8 Å². The SMILES string of the molecule is C[C@@H]1CC(N2CCOC2CO)C(O)[C@H](C)O1. The Bertz CT molecular complexity index is 238. The highest BCUT2D eigenvalue weighted by Crippen LogP contribution is 2.27. The summed E-state index contributed by atoms with van der Waals surface area (Å²) in [6.45, 7) is 5.27. The predicted octanol–water partition coefficient (Wildman–Crippen LogP) is -0.436. The number of rotatable bonds is 2. The average molecular weight is 231 g/mol. The monoisotopic (exact) mass is 231 g/mol. The van der Waals surface area contributed by atoms with E-state index in [1.54, 1.807) is 0 Å². The smallest absolute Gasteiger partial charge is 0.134 e. The molecule has 16 heavy (non-hydrogen) atoms. The Morgan fingerprint density at radius 3 is 2.81 bits per heavy atom. The molecule has 3 unspecified atom stereocenters. The van der Waals surface area contributed by atoms with E-state index in [1.165, 1.54) is 0 Å². The second kappa shape index (κ2) is 4.98. The van der Waals surface area contributed by atoms with Crippen LogP contribution in [-0.2, 0) is 9.47 Å². The number of hydrogen-bond donors (Lipinski definition) is 2. The lowest BCUT2D eigenvalue weighted by atomic mass is 9.95. The molecular formula is C11H21NO4.